The van der Waals surface area contributed by atoms with Crippen LogP contribution in [0.3, 0.4) is 0 Å². The van der Waals surface area contributed by atoms with Gasteiger partial charge in [0.05, 0.1) is 21.3 Å². The standard InChI is InChI=1S/C15H23NO5/c1-6-11(15(17)18)16(2)9-10-7-12(19-3)14(21-5)13(8-10)20-4/h7-8,11H,6,9H2,1-5H3,(H,17,18). The van der Waals surface area contributed by atoms with Crippen molar-refractivity contribution in [2.75, 3.05) is 28.4 Å². The molecule has 0 amide bonds. The van der Waals surface area contributed by atoms with Crippen molar-refractivity contribution in [3.8, 4) is 17.2 Å². The summed E-state index contributed by atoms with van der Waals surface area (Å²) in [5.74, 6) is 0.816. The van der Waals surface area contributed by atoms with Crippen LogP contribution in [0.4, 0.5) is 0 Å². The van der Waals surface area contributed by atoms with Gasteiger partial charge in [-0.2, -0.15) is 0 Å². The lowest BCUT2D eigenvalue weighted by atomic mass is 10.1. The first kappa shape index (κ1) is 17.1. The number of benzene rings is 1. The van der Waals surface area contributed by atoms with Crippen LogP contribution in [0.15, 0.2) is 12.1 Å². The van der Waals surface area contributed by atoms with Crippen LogP contribution in [0.5, 0.6) is 17.2 Å². The Hall–Kier alpha value is -1.95. The van der Waals surface area contributed by atoms with Gasteiger partial charge >= 0.3 is 5.97 Å². The molecule has 118 valence electrons. The predicted molar refractivity (Wildman–Crippen MR) is 79.3 cm³/mol. The van der Waals surface area contributed by atoms with Gasteiger partial charge in [-0.25, -0.2) is 0 Å². The number of methoxy groups -OCH3 is 3. The molecule has 1 aromatic carbocycles. The molecule has 0 spiro atoms. The van der Waals surface area contributed by atoms with E-state index < -0.39 is 12.0 Å². The second-order valence-electron chi connectivity index (χ2n) is 4.71. The third-order valence-corrected chi connectivity index (χ3v) is 3.36. The maximum Gasteiger partial charge on any atom is 0.320 e. The zero-order chi connectivity index (χ0) is 16.0. The van der Waals surface area contributed by atoms with E-state index in [0.717, 1.165) is 5.56 Å². The van der Waals surface area contributed by atoms with E-state index in [1.54, 1.807) is 33.3 Å². The van der Waals surface area contributed by atoms with E-state index >= 15 is 0 Å². The minimum Gasteiger partial charge on any atom is -0.493 e. The lowest BCUT2D eigenvalue weighted by Crippen LogP contribution is -2.37. The van der Waals surface area contributed by atoms with Crippen LogP contribution in [0.2, 0.25) is 0 Å². The number of carboxylic acid groups (broad SMARTS) is 1. The van der Waals surface area contributed by atoms with E-state index in [0.29, 0.717) is 30.2 Å². The van der Waals surface area contributed by atoms with Crippen LogP contribution < -0.4 is 14.2 Å². The van der Waals surface area contributed by atoms with E-state index in [2.05, 4.69) is 0 Å². The first-order chi connectivity index (χ1) is 9.98. The van der Waals surface area contributed by atoms with Crippen molar-refractivity contribution in [2.45, 2.75) is 25.9 Å². The highest BCUT2D eigenvalue weighted by atomic mass is 16.5. The molecule has 6 heteroatoms. The van der Waals surface area contributed by atoms with Gasteiger partial charge in [0.2, 0.25) is 5.75 Å². The quantitative estimate of drug-likeness (QED) is 0.791. The second kappa shape index (κ2) is 7.73. The van der Waals surface area contributed by atoms with E-state index in [1.165, 1.54) is 0 Å². The van der Waals surface area contributed by atoms with Crippen molar-refractivity contribution in [1.82, 2.24) is 4.90 Å². The summed E-state index contributed by atoms with van der Waals surface area (Å²) in [6.07, 6.45) is 0.538. The van der Waals surface area contributed by atoms with Crippen molar-refractivity contribution in [3.05, 3.63) is 17.7 Å². The summed E-state index contributed by atoms with van der Waals surface area (Å²) in [6.45, 7) is 2.33. The van der Waals surface area contributed by atoms with Gasteiger partial charge in [0.15, 0.2) is 11.5 Å². The maximum absolute atomic E-state index is 11.2. The molecule has 0 saturated carbocycles. The first-order valence-corrected chi connectivity index (χ1v) is 6.70. The Kier molecular flexibility index (Phi) is 6.30. The number of nitrogens with zero attached hydrogens (tertiary/aromatic N) is 1. The Bertz CT molecular complexity index is 464. The summed E-state index contributed by atoms with van der Waals surface area (Å²) in [5.41, 5.74) is 0.895. The van der Waals surface area contributed by atoms with Gasteiger partial charge < -0.3 is 19.3 Å². The molecule has 0 radical (unpaired) electrons. The van der Waals surface area contributed by atoms with E-state index in [-0.39, 0.29) is 0 Å². The van der Waals surface area contributed by atoms with Crippen molar-refractivity contribution in [1.29, 1.82) is 0 Å². The molecule has 6 nitrogen and oxygen atoms in total. The van der Waals surface area contributed by atoms with Crippen molar-refractivity contribution >= 4 is 5.97 Å². The molecule has 1 aromatic rings. The highest BCUT2D eigenvalue weighted by molar-refractivity contribution is 5.73. The number of ether oxygens (including phenoxy) is 3. The normalized spacial score (nSPS) is 12.1. The summed E-state index contributed by atoms with van der Waals surface area (Å²) in [4.78, 5) is 13.0. The molecule has 0 saturated heterocycles. The van der Waals surface area contributed by atoms with E-state index in [4.69, 9.17) is 14.2 Å². The fourth-order valence-corrected chi connectivity index (χ4v) is 2.30. The van der Waals surface area contributed by atoms with Crippen LogP contribution in [0, 0.1) is 0 Å². The Labute approximate surface area is 125 Å². The molecule has 0 aliphatic rings. The topological polar surface area (TPSA) is 68.2 Å². The van der Waals surface area contributed by atoms with Gasteiger partial charge in [-0.1, -0.05) is 6.92 Å². The van der Waals surface area contributed by atoms with Gasteiger partial charge in [0, 0.05) is 6.54 Å². The van der Waals surface area contributed by atoms with Crippen LogP contribution in [-0.4, -0.2) is 50.4 Å². The van der Waals surface area contributed by atoms with Gasteiger partial charge in [0.25, 0.3) is 0 Å². The molecule has 0 heterocycles. The zero-order valence-corrected chi connectivity index (χ0v) is 13.2. The van der Waals surface area contributed by atoms with Crippen LogP contribution in [0.1, 0.15) is 18.9 Å². The lowest BCUT2D eigenvalue weighted by Gasteiger charge is -2.24. The SMILES string of the molecule is CCC(C(=O)O)N(C)Cc1cc(OC)c(OC)c(OC)c1. The van der Waals surface area contributed by atoms with Crippen LogP contribution >= 0.6 is 0 Å². The van der Waals surface area contributed by atoms with Crippen LogP contribution in [0.25, 0.3) is 0 Å². The second-order valence-corrected chi connectivity index (χ2v) is 4.71. The first-order valence-electron chi connectivity index (χ1n) is 6.70. The molecule has 0 bridgehead atoms. The Morgan fingerprint density at radius 3 is 2.05 bits per heavy atom. The number of carbonyl (C=O) groups is 1. The predicted octanol–water partition coefficient (Wildman–Crippen LogP) is 2.01. The van der Waals surface area contributed by atoms with Gasteiger partial charge in [-0.15, -0.1) is 0 Å². The summed E-state index contributed by atoms with van der Waals surface area (Å²) in [7, 11) is 6.43. The summed E-state index contributed by atoms with van der Waals surface area (Å²) >= 11 is 0. The molecule has 21 heavy (non-hydrogen) atoms. The Balaban J connectivity index is 3.06. The molecular formula is C15H23NO5. The lowest BCUT2D eigenvalue weighted by molar-refractivity contribution is -0.143. The molecular weight excluding hydrogens is 274 g/mol. The molecule has 1 unspecified atom stereocenters. The third kappa shape index (κ3) is 4.01. The van der Waals surface area contributed by atoms with E-state index in [1.807, 2.05) is 19.1 Å². The van der Waals surface area contributed by atoms with Crippen LogP contribution in [-0.2, 0) is 11.3 Å². The number of aliphatic carboxylic acids is 1. The number of carboxylic acids is 1. The Morgan fingerprint density at radius 2 is 1.71 bits per heavy atom. The third-order valence-electron chi connectivity index (χ3n) is 3.36. The highest BCUT2D eigenvalue weighted by Crippen LogP contribution is 2.38. The molecule has 1 rings (SSSR count). The minimum atomic E-state index is -0.826. The summed E-state index contributed by atoms with van der Waals surface area (Å²) < 4.78 is 15.9. The van der Waals surface area contributed by atoms with E-state index in [9.17, 15) is 9.90 Å². The molecule has 0 fully saturated rings. The fourth-order valence-electron chi connectivity index (χ4n) is 2.30. The molecule has 1 N–H and O–H groups in total. The number of hydrogen-bond donors (Lipinski definition) is 1. The maximum atomic E-state index is 11.2. The largest absolute Gasteiger partial charge is 0.493 e. The molecule has 0 aromatic heterocycles. The fraction of sp³-hybridized carbons (Fsp3) is 0.533. The molecule has 1 atom stereocenters. The highest BCUT2D eigenvalue weighted by Gasteiger charge is 2.21. The average Bonchev–Trinajstić information content (AvgIpc) is 2.46. The number of likely N-dealkylation sites (N-methyl/N-ethyl adjacent to an activating group) is 1. The molecule has 0 aliphatic heterocycles. The minimum absolute atomic E-state index is 0.474. The van der Waals surface area contributed by atoms with Gasteiger partial charge in [-0.05, 0) is 31.2 Å². The summed E-state index contributed by atoms with van der Waals surface area (Å²) in [5, 5.41) is 9.19. The van der Waals surface area contributed by atoms with Crippen molar-refractivity contribution in [2.24, 2.45) is 0 Å². The summed E-state index contributed by atoms with van der Waals surface area (Å²) in [6, 6.07) is 3.13. The number of hydrogen-bond acceptors (Lipinski definition) is 5. The van der Waals surface area contributed by atoms with Crippen molar-refractivity contribution in [3.63, 3.8) is 0 Å². The Morgan fingerprint density at radius 1 is 1.19 bits per heavy atom. The van der Waals surface area contributed by atoms with Crippen molar-refractivity contribution < 1.29 is 24.1 Å². The van der Waals surface area contributed by atoms with Gasteiger partial charge in [-0.3, -0.25) is 9.69 Å². The monoisotopic (exact) mass is 297 g/mol. The zero-order valence-electron chi connectivity index (χ0n) is 13.2. The molecule has 0 aliphatic carbocycles. The average molecular weight is 297 g/mol. The smallest absolute Gasteiger partial charge is 0.320 e. The number of rotatable bonds is 8. The van der Waals surface area contributed by atoms with Gasteiger partial charge in [0.1, 0.15) is 6.04 Å².